The van der Waals surface area contributed by atoms with Crippen molar-refractivity contribution >= 4 is 10.9 Å². The molecule has 0 aliphatic heterocycles. The van der Waals surface area contributed by atoms with Crippen LogP contribution in [0, 0.1) is 17.6 Å². The first-order valence-electron chi connectivity index (χ1n) is 8.04. The molecule has 0 fully saturated rings. The zero-order valence-electron chi connectivity index (χ0n) is 14.0. The number of fused-ring (bicyclic) bond motifs is 1. The van der Waals surface area contributed by atoms with Gasteiger partial charge in [-0.1, -0.05) is 26.0 Å². The Morgan fingerprint density at radius 2 is 1.72 bits per heavy atom. The lowest BCUT2D eigenvalue weighted by Crippen LogP contribution is -2.41. The smallest absolute Gasteiger partial charge is 0.289 e. The molecule has 0 unspecified atom stereocenters. The Labute approximate surface area is 143 Å². The first-order chi connectivity index (χ1) is 11.9. The number of nitrogens with zero attached hydrogens (tertiary/aromatic N) is 2. The standard InChI is InChI=1S/C19H18F2N2O2/c1-12(2)10-23-18(24)15-5-3-4-6-17(15)22(19(23)25)11-13-9-14(20)7-8-16(13)21/h3-9,12H,10-11H2,1-2H3. The summed E-state index contributed by atoms with van der Waals surface area (Å²) in [6, 6.07) is 9.80. The van der Waals surface area contributed by atoms with Crippen LogP contribution >= 0.6 is 0 Å². The third kappa shape index (κ3) is 3.24. The molecule has 0 aliphatic rings. The molecule has 6 heteroatoms. The lowest BCUT2D eigenvalue weighted by atomic mass is 10.1. The summed E-state index contributed by atoms with van der Waals surface area (Å²) in [6.45, 7) is 3.91. The van der Waals surface area contributed by atoms with Crippen molar-refractivity contribution in [1.82, 2.24) is 9.13 Å². The predicted molar refractivity (Wildman–Crippen MR) is 92.8 cm³/mol. The van der Waals surface area contributed by atoms with Crippen LogP contribution in [0.25, 0.3) is 10.9 Å². The summed E-state index contributed by atoms with van der Waals surface area (Å²) in [5, 5.41) is 0.375. The van der Waals surface area contributed by atoms with Gasteiger partial charge in [0, 0.05) is 12.1 Å². The summed E-state index contributed by atoms with van der Waals surface area (Å²) < 4.78 is 30.0. The molecule has 1 heterocycles. The second-order valence-electron chi connectivity index (χ2n) is 6.43. The summed E-state index contributed by atoms with van der Waals surface area (Å²) in [6.07, 6.45) is 0. The van der Waals surface area contributed by atoms with E-state index in [2.05, 4.69) is 0 Å². The number of hydrogen-bond donors (Lipinski definition) is 0. The number of halogens is 2. The Morgan fingerprint density at radius 3 is 2.44 bits per heavy atom. The van der Waals surface area contributed by atoms with Gasteiger partial charge in [0.15, 0.2) is 0 Å². The van der Waals surface area contributed by atoms with Crippen LogP contribution < -0.4 is 11.2 Å². The summed E-state index contributed by atoms with van der Waals surface area (Å²) in [5.41, 5.74) is -0.436. The van der Waals surface area contributed by atoms with E-state index in [4.69, 9.17) is 0 Å². The van der Waals surface area contributed by atoms with Crippen molar-refractivity contribution in [3.05, 3.63) is 80.5 Å². The fraction of sp³-hybridized carbons (Fsp3) is 0.263. The Kier molecular flexibility index (Phi) is 4.53. The normalized spacial score (nSPS) is 11.4. The molecule has 25 heavy (non-hydrogen) atoms. The van der Waals surface area contributed by atoms with Crippen molar-refractivity contribution < 1.29 is 8.78 Å². The van der Waals surface area contributed by atoms with Crippen LogP contribution in [0.2, 0.25) is 0 Å². The fourth-order valence-corrected chi connectivity index (χ4v) is 2.88. The maximum Gasteiger partial charge on any atom is 0.331 e. The van der Waals surface area contributed by atoms with E-state index >= 15 is 0 Å². The highest BCUT2D eigenvalue weighted by Gasteiger charge is 2.15. The van der Waals surface area contributed by atoms with Gasteiger partial charge in [0.05, 0.1) is 17.4 Å². The van der Waals surface area contributed by atoms with Gasteiger partial charge in [-0.3, -0.25) is 13.9 Å². The Hall–Kier alpha value is -2.76. The number of benzene rings is 2. The van der Waals surface area contributed by atoms with E-state index in [0.717, 1.165) is 22.8 Å². The number of aromatic nitrogens is 2. The summed E-state index contributed by atoms with van der Waals surface area (Å²) in [4.78, 5) is 25.5. The molecule has 0 saturated carbocycles. The van der Waals surface area contributed by atoms with Gasteiger partial charge in [-0.25, -0.2) is 13.6 Å². The van der Waals surface area contributed by atoms with E-state index in [9.17, 15) is 18.4 Å². The van der Waals surface area contributed by atoms with Crippen LogP contribution in [0.4, 0.5) is 8.78 Å². The average molecular weight is 344 g/mol. The molecule has 0 N–H and O–H groups in total. The third-order valence-electron chi connectivity index (χ3n) is 4.02. The van der Waals surface area contributed by atoms with Crippen LogP contribution in [-0.4, -0.2) is 9.13 Å². The van der Waals surface area contributed by atoms with Gasteiger partial charge < -0.3 is 0 Å². The molecule has 3 aromatic rings. The monoisotopic (exact) mass is 344 g/mol. The molecule has 4 nitrogen and oxygen atoms in total. The summed E-state index contributed by atoms with van der Waals surface area (Å²) in [5.74, 6) is -1.09. The van der Waals surface area contributed by atoms with E-state index in [1.807, 2.05) is 13.8 Å². The molecule has 0 saturated heterocycles. The minimum absolute atomic E-state index is 0.0574. The first-order valence-corrected chi connectivity index (χ1v) is 8.04. The molecule has 0 radical (unpaired) electrons. The lowest BCUT2D eigenvalue weighted by molar-refractivity contribution is 0.479. The lowest BCUT2D eigenvalue weighted by Gasteiger charge is -2.15. The van der Waals surface area contributed by atoms with E-state index in [1.54, 1.807) is 24.3 Å². The molecule has 3 rings (SSSR count). The molecule has 2 aromatic carbocycles. The summed E-state index contributed by atoms with van der Waals surface area (Å²) in [7, 11) is 0. The minimum Gasteiger partial charge on any atom is -0.289 e. The van der Waals surface area contributed by atoms with E-state index in [0.29, 0.717) is 10.9 Å². The second-order valence-corrected chi connectivity index (χ2v) is 6.43. The van der Waals surface area contributed by atoms with E-state index < -0.39 is 17.3 Å². The van der Waals surface area contributed by atoms with Crippen molar-refractivity contribution in [2.24, 2.45) is 5.92 Å². The molecule has 0 bridgehead atoms. The van der Waals surface area contributed by atoms with Gasteiger partial charge in [-0.15, -0.1) is 0 Å². The van der Waals surface area contributed by atoms with Crippen molar-refractivity contribution in [2.75, 3.05) is 0 Å². The number of para-hydroxylation sites is 1. The Morgan fingerprint density at radius 1 is 1.00 bits per heavy atom. The maximum atomic E-state index is 14.0. The average Bonchev–Trinajstić information content (AvgIpc) is 2.58. The van der Waals surface area contributed by atoms with Crippen molar-refractivity contribution in [3.63, 3.8) is 0 Å². The van der Waals surface area contributed by atoms with E-state index in [-0.39, 0.29) is 30.1 Å². The maximum absolute atomic E-state index is 14.0. The summed E-state index contributed by atoms with van der Waals surface area (Å²) >= 11 is 0. The first kappa shape index (κ1) is 17.1. The topological polar surface area (TPSA) is 44.0 Å². The van der Waals surface area contributed by atoms with Gasteiger partial charge >= 0.3 is 5.69 Å². The quantitative estimate of drug-likeness (QED) is 0.730. The molecule has 0 amide bonds. The molecular weight excluding hydrogens is 326 g/mol. The molecule has 1 aromatic heterocycles. The van der Waals surface area contributed by atoms with Crippen LogP contribution in [0.5, 0.6) is 0 Å². The van der Waals surface area contributed by atoms with Gasteiger partial charge in [-0.2, -0.15) is 0 Å². The molecule has 0 atom stereocenters. The Balaban J connectivity index is 2.28. The molecule has 0 aliphatic carbocycles. The van der Waals surface area contributed by atoms with Crippen LogP contribution in [0.1, 0.15) is 19.4 Å². The predicted octanol–water partition coefficient (Wildman–Crippen LogP) is 3.15. The van der Waals surface area contributed by atoms with Crippen LogP contribution in [0.3, 0.4) is 0 Å². The van der Waals surface area contributed by atoms with Gasteiger partial charge in [0.1, 0.15) is 11.6 Å². The zero-order chi connectivity index (χ0) is 18.1. The van der Waals surface area contributed by atoms with Gasteiger partial charge in [0.2, 0.25) is 0 Å². The van der Waals surface area contributed by atoms with Crippen molar-refractivity contribution in [1.29, 1.82) is 0 Å². The SMILES string of the molecule is CC(C)Cn1c(=O)c2ccccc2n(Cc2cc(F)ccc2F)c1=O. The van der Waals surface area contributed by atoms with Crippen LogP contribution in [-0.2, 0) is 13.1 Å². The largest absolute Gasteiger partial charge is 0.331 e. The highest BCUT2D eigenvalue weighted by Crippen LogP contribution is 2.14. The minimum atomic E-state index is -0.598. The highest BCUT2D eigenvalue weighted by molar-refractivity contribution is 5.77. The van der Waals surface area contributed by atoms with Crippen molar-refractivity contribution in [2.45, 2.75) is 26.9 Å². The van der Waals surface area contributed by atoms with Crippen molar-refractivity contribution in [3.8, 4) is 0 Å². The van der Waals surface area contributed by atoms with Gasteiger partial charge in [0.25, 0.3) is 5.56 Å². The van der Waals surface area contributed by atoms with Gasteiger partial charge in [-0.05, 0) is 36.2 Å². The molecular formula is C19H18F2N2O2. The van der Waals surface area contributed by atoms with Crippen LogP contribution in [0.15, 0.2) is 52.1 Å². The van der Waals surface area contributed by atoms with E-state index in [1.165, 1.54) is 4.57 Å². The highest BCUT2D eigenvalue weighted by atomic mass is 19.1. The Bertz CT molecular complexity index is 1050. The third-order valence-corrected chi connectivity index (χ3v) is 4.02. The number of hydrogen-bond acceptors (Lipinski definition) is 2. The molecule has 0 spiro atoms. The second kappa shape index (κ2) is 6.63. The zero-order valence-corrected chi connectivity index (χ0v) is 14.0. The molecule has 130 valence electrons. The fourth-order valence-electron chi connectivity index (χ4n) is 2.88. The number of rotatable bonds is 4.